The number of hydrogen-bond donors (Lipinski definition) is 1. The van der Waals surface area contributed by atoms with Gasteiger partial charge < -0.3 is 10.2 Å². The molecule has 0 aromatic heterocycles. The highest BCUT2D eigenvalue weighted by Crippen LogP contribution is 2.17. The Labute approximate surface area is 154 Å². The summed E-state index contributed by atoms with van der Waals surface area (Å²) in [5.74, 6) is -0.141. The van der Waals surface area contributed by atoms with Crippen LogP contribution in [-0.2, 0) is 16.1 Å². The van der Waals surface area contributed by atoms with Crippen molar-refractivity contribution >= 4 is 17.5 Å². The van der Waals surface area contributed by atoms with E-state index in [9.17, 15) is 14.0 Å². The van der Waals surface area contributed by atoms with Crippen LogP contribution in [0.3, 0.4) is 0 Å². The molecule has 2 amide bonds. The summed E-state index contributed by atoms with van der Waals surface area (Å²) in [6.07, 6.45) is 0.201. The highest BCUT2D eigenvalue weighted by molar-refractivity contribution is 5.91. The summed E-state index contributed by atoms with van der Waals surface area (Å²) >= 11 is 0. The van der Waals surface area contributed by atoms with Gasteiger partial charge in [-0.05, 0) is 41.3 Å². The van der Waals surface area contributed by atoms with Crippen molar-refractivity contribution in [1.82, 2.24) is 4.90 Å². The molecule has 2 aromatic rings. The maximum Gasteiger partial charge on any atom is 0.226 e. The van der Waals surface area contributed by atoms with Crippen LogP contribution < -0.4 is 5.32 Å². The molecule has 2 rings (SSSR count). The van der Waals surface area contributed by atoms with Gasteiger partial charge in [0.1, 0.15) is 5.82 Å². The highest BCUT2D eigenvalue weighted by Gasteiger charge is 2.12. The van der Waals surface area contributed by atoms with Gasteiger partial charge in [-0.2, -0.15) is 0 Å². The molecule has 0 saturated heterocycles. The smallest absolute Gasteiger partial charge is 0.226 e. The number of nitrogens with zero attached hydrogens (tertiary/aromatic N) is 1. The van der Waals surface area contributed by atoms with Crippen LogP contribution in [0, 0.1) is 5.82 Å². The Hall–Kier alpha value is -2.69. The molecule has 0 fully saturated rings. The number of anilines is 1. The molecule has 0 spiro atoms. The van der Waals surface area contributed by atoms with Gasteiger partial charge in [-0.1, -0.05) is 38.1 Å². The highest BCUT2D eigenvalue weighted by atomic mass is 19.1. The van der Waals surface area contributed by atoms with Crippen molar-refractivity contribution in [2.75, 3.05) is 11.9 Å². The predicted octanol–water partition coefficient (Wildman–Crippen LogP) is 4.33. The normalized spacial score (nSPS) is 10.7. The molecule has 26 heavy (non-hydrogen) atoms. The van der Waals surface area contributed by atoms with Crippen molar-refractivity contribution in [3.63, 3.8) is 0 Å². The number of halogens is 1. The third kappa shape index (κ3) is 5.99. The molecule has 0 atom stereocenters. The second-order valence-corrected chi connectivity index (χ2v) is 6.64. The lowest BCUT2D eigenvalue weighted by Gasteiger charge is -2.21. The third-order valence-electron chi connectivity index (χ3n) is 4.20. The Morgan fingerprint density at radius 2 is 1.65 bits per heavy atom. The fourth-order valence-electron chi connectivity index (χ4n) is 2.57. The average Bonchev–Trinajstić information content (AvgIpc) is 2.60. The molecule has 0 aliphatic heterocycles. The van der Waals surface area contributed by atoms with Gasteiger partial charge in [0.2, 0.25) is 11.8 Å². The first-order chi connectivity index (χ1) is 12.3. The number of hydrogen-bond acceptors (Lipinski definition) is 2. The molecule has 0 radical (unpaired) electrons. The van der Waals surface area contributed by atoms with Crippen molar-refractivity contribution in [3.05, 3.63) is 65.5 Å². The van der Waals surface area contributed by atoms with E-state index >= 15 is 0 Å². The molecule has 0 bridgehead atoms. The van der Waals surface area contributed by atoms with Gasteiger partial charge in [0.15, 0.2) is 0 Å². The molecule has 0 heterocycles. The van der Waals surface area contributed by atoms with E-state index in [0.29, 0.717) is 19.0 Å². The second kappa shape index (κ2) is 9.13. The van der Waals surface area contributed by atoms with Crippen LogP contribution in [0.15, 0.2) is 48.5 Å². The van der Waals surface area contributed by atoms with Gasteiger partial charge in [0.05, 0.1) is 0 Å². The van der Waals surface area contributed by atoms with Gasteiger partial charge in [-0.25, -0.2) is 4.39 Å². The van der Waals surface area contributed by atoms with Gasteiger partial charge in [0.25, 0.3) is 0 Å². The van der Waals surface area contributed by atoms with Gasteiger partial charge in [-0.3, -0.25) is 9.59 Å². The van der Waals surface area contributed by atoms with Crippen molar-refractivity contribution in [3.8, 4) is 0 Å². The number of amides is 2. The van der Waals surface area contributed by atoms with E-state index in [1.807, 2.05) is 24.3 Å². The van der Waals surface area contributed by atoms with Gasteiger partial charge in [0, 0.05) is 32.1 Å². The minimum atomic E-state index is -0.314. The minimum Gasteiger partial charge on any atom is -0.338 e. The molecule has 2 aromatic carbocycles. The summed E-state index contributed by atoms with van der Waals surface area (Å²) in [4.78, 5) is 25.5. The summed E-state index contributed by atoms with van der Waals surface area (Å²) in [6, 6.07) is 13.8. The molecular weight excluding hydrogens is 331 g/mol. The zero-order valence-electron chi connectivity index (χ0n) is 15.5. The SMILES string of the molecule is CC(=O)N(CCC(=O)Nc1ccc(C(C)C)cc1)Cc1ccc(F)cc1. The molecule has 0 aliphatic carbocycles. The Bertz CT molecular complexity index is 740. The summed E-state index contributed by atoms with van der Waals surface area (Å²) in [6.45, 7) is 6.36. The monoisotopic (exact) mass is 356 g/mol. The number of rotatable bonds is 7. The van der Waals surface area contributed by atoms with E-state index in [-0.39, 0.29) is 24.1 Å². The number of nitrogens with one attached hydrogen (secondary N) is 1. The molecule has 138 valence electrons. The Morgan fingerprint density at radius 3 is 2.19 bits per heavy atom. The van der Waals surface area contributed by atoms with Gasteiger partial charge in [-0.15, -0.1) is 0 Å². The molecule has 5 heteroatoms. The van der Waals surface area contributed by atoms with E-state index in [1.165, 1.54) is 24.6 Å². The Kier molecular flexibility index (Phi) is 6.89. The number of carbonyl (C=O) groups is 2. The third-order valence-corrected chi connectivity index (χ3v) is 4.20. The van der Waals surface area contributed by atoms with Gasteiger partial charge >= 0.3 is 0 Å². The fraction of sp³-hybridized carbons (Fsp3) is 0.333. The summed E-state index contributed by atoms with van der Waals surface area (Å²) < 4.78 is 13.0. The van der Waals surface area contributed by atoms with Crippen LogP contribution in [0.5, 0.6) is 0 Å². The van der Waals surface area contributed by atoms with E-state index < -0.39 is 0 Å². The van der Waals surface area contributed by atoms with Crippen LogP contribution in [0.2, 0.25) is 0 Å². The van der Waals surface area contributed by atoms with E-state index in [0.717, 1.165) is 11.3 Å². The molecule has 4 nitrogen and oxygen atoms in total. The second-order valence-electron chi connectivity index (χ2n) is 6.64. The van der Waals surface area contributed by atoms with E-state index in [4.69, 9.17) is 0 Å². The Balaban J connectivity index is 1.88. The zero-order chi connectivity index (χ0) is 19.1. The van der Waals surface area contributed by atoms with Crippen molar-refractivity contribution in [1.29, 1.82) is 0 Å². The Morgan fingerprint density at radius 1 is 1.04 bits per heavy atom. The topological polar surface area (TPSA) is 49.4 Å². The number of carbonyl (C=O) groups excluding carboxylic acids is 2. The van der Waals surface area contributed by atoms with Crippen LogP contribution >= 0.6 is 0 Å². The average molecular weight is 356 g/mol. The number of benzene rings is 2. The standard InChI is InChI=1S/C21H25FN2O2/c1-15(2)18-6-10-20(11-7-18)23-21(26)12-13-24(16(3)25)14-17-4-8-19(22)9-5-17/h4-11,15H,12-14H2,1-3H3,(H,23,26). The molecular formula is C21H25FN2O2. The molecule has 1 N–H and O–H groups in total. The van der Waals surface area contributed by atoms with Crippen molar-refractivity contribution in [2.45, 2.75) is 39.7 Å². The van der Waals surface area contributed by atoms with Crippen LogP contribution in [-0.4, -0.2) is 23.3 Å². The lowest BCUT2D eigenvalue weighted by atomic mass is 10.0. The van der Waals surface area contributed by atoms with E-state index in [2.05, 4.69) is 19.2 Å². The van der Waals surface area contributed by atoms with Crippen molar-refractivity contribution in [2.24, 2.45) is 0 Å². The zero-order valence-corrected chi connectivity index (χ0v) is 15.5. The molecule has 0 unspecified atom stereocenters. The predicted molar refractivity (Wildman–Crippen MR) is 101 cm³/mol. The first-order valence-electron chi connectivity index (χ1n) is 8.75. The van der Waals surface area contributed by atoms with Crippen LogP contribution in [0.1, 0.15) is 44.2 Å². The van der Waals surface area contributed by atoms with Crippen molar-refractivity contribution < 1.29 is 14.0 Å². The summed E-state index contributed by atoms with van der Waals surface area (Å²) in [5, 5.41) is 2.85. The first kappa shape index (κ1) is 19.6. The molecule has 0 saturated carbocycles. The van der Waals surface area contributed by atoms with Crippen LogP contribution in [0.4, 0.5) is 10.1 Å². The molecule has 0 aliphatic rings. The maximum absolute atomic E-state index is 13.0. The summed E-state index contributed by atoms with van der Waals surface area (Å²) in [7, 11) is 0. The quantitative estimate of drug-likeness (QED) is 0.803. The first-order valence-corrected chi connectivity index (χ1v) is 8.75. The van der Waals surface area contributed by atoms with E-state index in [1.54, 1.807) is 17.0 Å². The van der Waals surface area contributed by atoms with Crippen LogP contribution in [0.25, 0.3) is 0 Å². The lowest BCUT2D eigenvalue weighted by Crippen LogP contribution is -2.31. The minimum absolute atomic E-state index is 0.122. The fourth-order valence-corrected chi connectivity index (χ4v) is 2.57. The summed E-state index contributed by atoms with van der Waals surface area (Å²) in [5.41, 5.74) is 2.78. The maximum atomic E-state index is 13.0. The lowest BCUT2D eigenvalue weighted by molar-refractivity contribution is -0.129. The largest absolute Gasteiger partial charge is 0.338 e.